The number of unbranched alkanes of at least 4 members (excludes halogenated alkanes) is 2. The highest BCUT2D eigenvalue weighted by Crippen LogP contribution is 2.35. The first-order chi connectivity index (χ1) is 21.7. The van der Waals surface area contributed by atoms with Gasteiger partial charge in [-0.3, -0.25) is 4.79 Å². The Labute approximate surface area is 266 Å². The second-order valence-corrected chi connectivity index (χ2v) is 12.0. The average molecular weight is 622 g/mol. The molecule has 0 fully saturated rings. The minimum atomic E-state index is 0.121. The van der Waals surface area contributed by atoms with E-state index in [1.807, 2.05) is 18.4 Å². The molecule has 2 heterocycles. The molecule has 3 aromatic rings. The van der Waals surface area contributed by atoms with Crippen LogP contribution >= 0.6 is 11.3 Å². The van der Waals surface area contributed by atoms with Crippen LogP contribution < -0.4 is 20.1 Å². The molecule has 238 valence electrons. The second kappa shape index (κ2) is 19.3. The van der Waals surface area contributed by atoms with E-state index >= 15 is 0 Å². The van der Waals surface area contributed by atoms with Crippen LogP contribution in [0, 0.1) is 0 Å². The van der Waals surface area contributed by atoms with Crippen molar-refractivity contribution in [1.82, 2.24) is 10.6 Å². The lowest BCUT2D eigenvalue weighted by atomic mass is 9.99. The summed E-state index contributed by atoms with van der Waals surface area (Å²) in [4.78, 5) is 14.6. The van der Waals surface area contributed by atoms with Crippen molar-refractivity contribution in [3.05, 3.63) is 71.4 Å². The standard InChI is InChI=1S/C35H48N4O4S/c1-36-18-10-22-41-24-26-43-27-25-42-23-11-19-37-34(40)16-4-3-9-20-39-21-17-29(30-12-5-6-13-31(30)39)28-35-38(2)32-14-7-8-15-33(32)44-35/h5-8,12-15,17,21,28,36H,3-4,9-11,16,18-20,22-27H2,1-2H3/p+1. The van der Waals surface area contributed by atoms with E-state index in [1.165, 1.54) is 32.0 Å². The van der Waals surface area contributed by atoms with E-state index in [-0.39, 0.29) is 5.91 Å². The fourth-order valence-corrected chi connectivity index (χ4v) is 6.24. The molecule has 1 amide bonds. The van der Waals surface area contributed by atoms with E-state index in [2.05, 4.69) is 94.0 Å². The van der Waals surface area contributed by atoms with Gasteiger partial charge in [-0.15, -0.1) is 0 Å². The third kappa shape index (κ3) is 10.8. The third-order valence-electron chi connectivity index (χ3n) is 7.56. The number of benzene rings is 2. The normalized spacial score (nSPS) is 13.6. The highest BCUT2D eigenvalue weighted by molar-refractivity contribution is 7.18. The van der Waals surface area contributed by atoms with Crippen LogP contribution in [0.1, 0.15) is 49.1 Å². The van der Waals surface area contributed by atoms with Crippen LogP contribution in [0.3, 0.4) is 0 Å². The average Bonchev–Trinajstić information content (AvgIpc) is 3.36. The number of anilines is 1. The quantitative estimate of drug-likeness (QED) is 0.124. The monoisotopic (exact) mass is 621 g/mol. The summed E-state index contributed by atoms with van der Waals surface area (Å²) in [6.45, 7) is 6.25. The van der Waals surface area contributed by atoms with Gasteiger partial charge in [0.25, 0.3) is 5.01 Å². The first-order valence-corrected chi connectivity index (χ1v) is 16.8. The van der Waals surface area contributed by atoms with Crippen LogP contribution in [0.4, 0.5) is 5.69 Å². The fraction of sp³-hybridized carbons (Fsp3) is 0.486. The summed E-state index contributed by atoms with van der Waals surface area (Å²) in [5, 5.41) is 7.34. The maximum atomic E-state index is 12.2. The van der Waals surface area contributed by atoms with Crippen molar-refractivity contribution in [3.63, 3.8) is 0 Å². The molecule has 1 aliphatic heterocycles. The number of nitrogens with zero attached hydrogens (tertiary/aromatic N) is 2. The van der Waals surface area contributed by atoms with Crippen LogP contribution in [0.2, 0.25) is 0 Å². The summed E-state index contributed by atoms with van der Waals surface area (Å²) < 4.78 is 20.1. The largest absolute Gasteiger partial charge is 0.379 e. The highest BCUT2D eigenvalue weighted by Gasteiger charge is 2.19. The SMILES string of the molecule is CNCCCOCCOCCOCCCNC(=O)CCCCCN1C=CC(=Cc2sc3ccccc3[n+]2C)c2ccccc21. The number of aromatic nitrogens is 1. The maximum absolute atomic E-state index is 12.2. The van der Waals surface area contributed by atoms with E-state index in [1.54, 1.807) is 0 Å². The minimum Gasteiger partial charge on any atom is -0.379 e. The van der Waals surface area contributed by atoms with Gasteiger partial charge in [-0.05, 0) is 63.1 Å². The number of para-hydroxylation sites is 2. The maximum Gasteiger partial charge on any atom is 0.263 e. The lowest BCUT2D eigenvalue weighted by Crippen LogP contribution is -2.29. The molecular formula is C35H49N4O4S+. The Morgan fingerprint density at radius 3 is 2.34 bits per heavy atom. The summed E-state index contributed by atoms with van der Waals surface area (Å²) in [5.74, 6) is 0.121. The number of hydrogen-bond acceptors (Lipinski definition) is 7. The van der Waals surface area contributed by atoms with Gasteiger partial charge < -0.3 is 29.7 Å². The Morgan fingerprint density at radius 1 is 0.864 bits per heavy atom. The molecule has 4 rings (SSSR count). The topological polar surface area (TPSA) is 75.9 Å². The van der Waals surface area contributed by atoms with Crippen molar-refractivity contribution in [2.45, 2.75) is 38.5 Å². The summed E-state index contributed by atoms with van der Waals surface area (Å²) in [6.07, 6.45) is 12.0. The van der Waals surface area contributed by atoms with Gasteiger partial charge in [0.05, 0.1) is 26.4 Å². The first kappa shape index (κ1) is 33.8. The number of hydrogen-bond donors (Lipinski definition) is 2. The summed E-state index contributed by atoms with van der Waals surface area (Å²) in [6, 6.07) is 17.2. The van der Waals surface area contributed by atoms with Crippen molar-refractivity contribution in [2.75, 3.05) is 71.2 Å². The van der Waals surface area contributed by atoms with Crippen LogP contribution in [-0.4, -0.2) is 72.2 Å². The van der Waals surface area contributed by atoms with Crippen LogP contribution in [0.5, 0.6) is 0 Å². The number of carbonyl (C=O) groups excluding carboxylic acids is 1. The Bertz CT molecular complexity index is 1360. The van der Waals surface area contributed by atoms with Gasteiger partial charge in [0.1, 0.15) is 11.7 Å². The number of amides is 1. The highest BCUT2D eigenvalue weighted by atomic mass is 32.1. The lowest BCUT2D eigenvalue weighted by molar-refractivity contribution is -0.642. The molecule has 2 N–H and O–H groups in total. The zero-order chi connectivity index (χ0) is 30.8. The van der Waals surface area contributed by atoms with E-state index < -0.39 is 0 Å². The zero-order valence-corrected chi connectivity index (χ0v) is 27.2. The van der Waals surface area contributed by atoms with Crippen LogP contribution in [0.25, 0.3) is 21.9 Å². The molecule has 9 heteroatoms. The molecule has 0 unspecified atom stereocenters. The van der Waals surface area contributed by atoms with Gasteiger partial charge in [0.15, 0.2) is 0 Å². The number of rotatable bonds is 21. The molecule has 0 atom stereocenters. The van der Waals surface area contributed by atoms with Gasteiger partial charge in [0.2, 0.25) is 11.4 Å². The van der Waals surface area contributed by atoms with E-state index in [0.29, 0.717) is 46.0 Å². The molecule has 0 radical (unpaired) electrons. The van der Waals surface area contributed by atoms with Gasteiger partial charge in [-0.25, -0.2) is 0 Å². The second-order valence-electron chi connectivity index (χ2n) is 10.9. The van der Waals surface area contributed by atoms with E-state index in [9.17, 15) is 4.79 Å². The van der Waals surface area contributed by atoms with Crippen molar-refractivity contribution in [3.8, 4) is 0 Å². The van der Waals surface area contributed by atoms with Crippen LogP contribution in [0.15, 0.2) is 60.8 Å². The van der Waals surface area contributed by atoms with Crippen molar-refractivity contribution in [2.24, 2.45) is 7.05 Å². The smallest absolute Gasteiger partial charge is 0.263 e. The number of thiazole rings is 1. The number of allylic oxidation sites excluding steroid dienone is 2. The Morgan fingerprint density at radius 2 is 1.57 bits per heavy atom. The van der Waals surface area contributed by atoms with Crippen molar-refractivity contribution < 1.29 is 23.6 Å². The third-order valence-corrected chi connectivity index (χ3v) is 8.73. The molecular weight excluding hydrogens is 572 g/mol. The Hall–Kier alpha value is -3.08. The molecule has 1 aromatic heterocycles. The van der Waals surface area contributed by atoms with Crippen molar-refractivity contribution >= 4 is 44.8 Å². The molecule has 0 spiro atoms. The molecule has 2 aromatic carbocycles. The molecule has 44 heavy (non-hydrogen) atoms. The van der Waals surface area contributed by atoms with E-state index in [4.69, 9.17) is 14.2 Å². The molecule has 0 aliphatic carbocycles. The summed E-state index contributed by atoms with van der Waals surface area (Å²) >= 11 is 1.82. The fourth-order valence-electron chi connectivity index (χ4n) is 5.14. The number of aryl methyl sites for hydroxylation is 1. The predicted molar refractivity (Wildman–Crippen MR) is 181 cm³/mol. The Kier molecular flexibility index (Phi) is 14.9. The number of ether oxygens (including phenoxy) is 3. The summed E-state index contributed by atoms with van der Waals surface area (Å²) in [5.41, 5.74) is 4.98. The number of carbonyl (C=O) groups is 1. The number of nitrogens with one attached hydrogen (secondary N) is 2. The lowest BCUT2D eigenvalue weighted by Gasteiger charge is -2.27. The minimum absolute atomic E-state index is 0.121. The van der Waals surface area contributed by atoms with Gasteiger partial charge in [-0.2, -0.15) is 4.57 Å². The van der Waals surface area contributed by atoms with Crippen molar-refractivity contribution in [1.29, 1.82) is 0 Å². The van der Waals surface area contributed by atoms with Gasteiger partial charge in [-0.1, -0.05) is 48.1 Å². The molecule has 1 aliphatic rings. The molecule has 0 bridgehead atoms. The Balaban J connectivity index is 1.06. The molecule has 8 nitrogen and oxygen atoms in total. The van der Waals surface area contributed by atoms with E-state index in [0.717, 1.165) is 51.8 Å². The van der Waals surface area contributed by atoms with Crippen LogP contribution in [-0.2, 0) is 26.1 Å². The first-order valence-electron chi connectivity index (χ1n) is 16.0. The predicted octanol–water partition coefficient (Wildman–Crippen LogP) is 5.33. The molecule has 0 saturated carbocycles. The molecule has 0 saturated heterocycles. The number of fused-ring (bicyclic) bond motifs is 2. The summed E-state index contributed by atoms with van der Waals surface area (Å²) in [7, 11) is 4.07. The zero-order valence-electron chi connectivity index (χ0n) is 26.4. The van der Waals surface area contributed by atoms with Gasteiger partial charge in [0, 0.05) is 62.3 Å². The van der Waals surface area contributed by atoms with Gasteiger partial charge >= 0.3 is 0 Å².